The molecule has 0 unspecified atom stereocenters. The van der Waals surface area contributed by atoms with Crippen molar-refractivity contribution < 1.29 is 14.4 Å². The number of nitrogens with one attached hydrogen (secondary N) is 1. The third kappa shape index (κ3) is 5.76. The Balaban J connectivity index is 1.51. The number of oxime groups is 1. The number of hydrogen-bond donors (Lipinski definition) is 1. The minimum atomic E-state index is -0.338. The van der Waals surface area contributed by atoms with E-state index in [-0.39, 0.29) is 12.1 Å². The molecule has 3 aromatic rings. The Bertz CT molecular complexity index is 1220. The Morgan fingerprint density at radius 3 is 2.59 bits per heavy atom. The SMILES string of the molecule is COc1ccccc1NC(=O)N(Cc1ccccc1Cl)C[C@@H]1CC(c2ccc(Cl)c(Cl)c2)=NO1. The van der Waals surface area contributed by atoms with Gasteiger partial charge in [-0.05, 0) is 35.9 Å². The highest BCUT2D eigenvalue weighted by Crippen LogP contribution is 2.27. The highest BCUT2D eigenvalue weighted by Gasteiger charge is 2.28. The number of carbonyl (C=O) groups is 1. The molecular weight excluding hydrogens is 497 g/mol. The minimum absolute atomic E-state index is 0.292. The maximum atomic E-state index is 13.3. The fraction of sp³-hybridized carbons (Fsp3) is 0.200. The van der Waals surface area contributed by atoms with Crippen molar-refractivity contribution in [2.24, 2.45) is 5.16 Å². The van der Waals surface area contributed by atoms with Crippen molar-refractivity contribution in [3.05, 3.63) is 92.9 Å². The van der Waals surface area contributed by atoms with Gasteiger partial charge in [0, 0.05) is 23.6 Å². The zero-order valence-corrected chi connectivity index (χ0v) is 20.6. The highest BCUT2D eigenvalue weighted by molar-refractivity contribution is 6.42. The first-order chi connectivity index (χ1) is 16.4. The molecule has 9 heteroatoms. The summed E-state index contributed by atoms with van der Waals surface area (Å²) in [4.78, 5) is 20.6. The molecule has 0 saturated heterocycles. The van der Waals surface area contributed by atoms with Gasteiger partial charge >= 0.3 is 6.03 Å². The summed E-state index contributed by atoms with van der Waals surface area (Å²) >= 11 is 18.5. The Hall–Kier alpha value is -2.93. The van der Waals surface area contributed by atoms with Crippen molar-refractivity contribution >= 4 is 52.2 Å². The van der Waals surface area contributed by atoms with Crippen LogP contribution in [-0.4, -0.2) is 36.4 Å². The molecule has 1 N–H and O–H groups in total. The first kappa shape index (κ1) is 24.2. The van der Waals surface area contributed by atoms with E-state index in [0.29, 0.717) is 46.0 Å². The third-order valence-electron chi connectivity index (χ3n) is 5.36. The molecule has 1 heterocycles. The minimum Gasteiger partial charge on any atom is -0.495 e. The lowest BCUT2D eigenvalue weighted by Crippen LogP contribution is -2.40. The lowest BCUT2D eigenvalue weighted by molar-refractivity contribution is 0.0608. The monoisotopic (exact) mass is 517 g/mol. The van der Waals surface area contributed by atoms with E-state index in [1.807, 2.05) is 36.4 Å². The van der Waals surface area contributed by atoms with E-state index in [9.17, 15) is 4.79 Å². The molecule has 1 aliphatic heterocycles. The number of urea groups is 1. The maximum Gasteiger partial charge on any atom is 0.322 e. The Morgan fingerprint density at radius 1 is 1.06 bits per heavy atom. The zero-order chi connectivity index (χ0) is 24.1. The van der Waals surface area contributed by atoms with Crippen LogP contribution in [0.4, 0.5) is 10.5 Å². The smallest absolute Gasteiger partial charge is 0.322 e. The molecule has 6 nitrogen and oxygen atoms in total. The van der Waals surface area contributed by atoms with E-state index in [2.05, 4.69) is 10.5 Å². The first-order valence-corrected chi connectivity index (χ1v) is 11.7. The van der Waals surface area contributed by atoms with Crippen molar-refractivity contribution in [3.63, 3.8) is 0 Å². The number of ether oxygens (including phenoxy) is 1. The average Bonchev–Trinajstić information content (AvgIpc) is 3.30. The number of anilines is 1. The molecule has 1 atom stereocenters. The summed E-state index contributed by atoms with van der Waals surface area (Å²) in [5, 5.41) is 8.64. The van der Waals surface area contributed by atoms with E-state index >= 15 is 0 Å². The zero-order valence-electron chi connectivity index (χ0n) is 18.3. The molecule has 0 fully saturated rings. The van der Waals surface area contributed by atoms with Crippen molar-refractivity contribution in [1.29, 1.82) is 0 Å². The van der Waals surface area contributed by atoms with Crippen LogP contribution in [0.15, 0.2) is 71.9 Å². The highest BCUT2D eigenvalue weighted by atomic mass is 35.5. The van der Waals surface area contributed by atoms with Gasteiger partial charge in [-0.25, -0.2) is 4.79 Å². The Labute approximate surface area is 213 Å². The van der Waals surface area contributed by atoms with Gasteiger partial charge in [-0.15, -0.1) is 0 Å². The molecule has 0 saturated carbocycles. The number of amides is 2. The van der Waals surface area contributed by atoms with Crippen molar-refractivity contribution in [3.8, 4) is 5.75 Å². The molecule has 0 bridgehead atoms. The predicted molar refractivity (Wildman–Crippen MR) is 136 cm³/mol. The van der Waals surface area contributed by atoms with Crippen LogP contribution in [0.3, 0.4) is 0 Å². The van der Waals surface area contributed by atoms with Crippen LogP contribution in [0.25, 0.3) is 0 Å². The lowest BCUT2D eigenvalue weighted by Gasteiger charge is -2.26. The lowest BCUT2D eigenvalue weighted by atomic mass is 10.0. The molecule has 0 spiro atoms. The third-order valence-corrected chi connectivity index (χ3v) is 6.47. The maximum absolute atomic E-state index is 13.3. The number of halogens is 3. The first-order valence-electron chi connectivity index (χ1n) is 10.5. The molecule has 176 valence electrons. The van der Waals surface area contributed by atoms with Crippen LogP contribution in [0, 0.1) is 0 Å². The van der Waals surface area contributed by atoms with E-state index in [4.69, 9.17) is 44.4 Å². The van der Waals surface area contributed by atoms with E-state index in [1.54, 1.807) is 42.3 Å². The number of benzene rings is 3. The van der Waals surface area contributed by atoms with E-state index in [0.717, 1.165) is 16.8 Å². The summed E-state index contributed by atoms with van der Waals surface area (Å²) in [6, 6.07) is 19.7. The second kappa shape index (κ2) is 11.0. The molecule has 1 aliphatic rings. The molecule has 3 aromatic carbocycles. The van der Waals surface area contributed by atoms with Gasteiger partial charge in [-0.2, -0.15) is 0 Å². The fourth-order valence-corrected chi connectivity index (χ4v) is 4.11. The van der Waals surface area contributed by atoms with E-state index in [1.165, 1.54) is 0 Å². The summed E-state index contributed by atoms with van der Waals surface area (Å²) in [6.07, 6.45) is 0.175. The number of para-hydroxylation sites is 2. The second-order valence-corrected chi connectivity index (χ2v) is 8.92. The van der Waals surface area contributed by atoms with Crippen LogP contribution >= 0.6 is 34.8 Å². The van der Waals surface area contributed by atoms with Gasteiger partial charge < -0.3 is 19.8 Å². The van der Waals surface area contributed by atoms with Gasteiger partial charge in [0.25, 0.3) is 0 Å². The van der Waals surface area contributed by atoms with Gasteiger partial charge in [-0.1, -0.05) is 76.4 Å². The molecule has 34 heavy (non-hydrogen) atoms. The average molecular weight is 519 g/mol. The summed E-state index contributed by atoms with van der Waals surface area (Å²) in [5.41, 5.74) is 2.96. The van der Waals surface area contributed by atoms with Gasteiger partial charge in [0.05, 0.1) is 35.1 Å². The van der Waals surface area contributed by atoms with Gasteiger partial charge in [0.2, 0.25) is 0 Å². The summed E-state index contributed by atoms with van der Waals surface area (Å²) < 4.78 is 5.36. The topological polar surface area (TPSA) is 63.2 Å². The fourth-order valence-electron chi connectivity index (χ4n) is 3.61. The molecule has 0 aliphatic carbocycles. The summed E-state index contributed by atoms with van der Waals surface area (Å²) in [6.45, 7) is 0.586. The van der Waals surface area contributed by atoms with E-state index < -0.39 is 0 Å². The van der Waals surface area contributed by atoms with Crippen LogP contribution in [-0.2, 0) is 11.4 Å². The number of nitrogens with zero attached hydrogens (tertiary/aromatic N) is 2. The van der Waals surface area contributed by atoms with Crippen LogP contribution in [0.2, 0.25) is 15.1 Å². The van der Waals surface area contributed by atoms with Crippen LogP contribution in [0.5, 0.6) is 5.75 Å². The standard InChI is InChI=1S/C25H22Cl3N3O3/c1-33-24-9-5-4-8-22(24)29-25(32)31(14-17-6-2-3-7-19(17)26)15-18-13-23(30-34-18)16-10-11-20(27)21(28)12-16/h2-12,18H,13-15H2,1H3,(H,29,32)/t18-/m0/s1. The van der Waals surface area contributed by atoms with Crippen LogP contribution in [0.1, 0.15) is 17.5 Å². The van der Waals surface area contributed by atoms with Crippen molar-refractivity contribution in [2.45, 2.75) is 19.1 Å². The second-order valence-electron chi connectivity index (χ2n) is 7.70. The molecular formula is C25H22Cl3N3O3. The normalized spacial score (nSPS) is 14.8. The quantitative estimate of drug-likeness (QED) is 0.371. The molecule has 0 aromatic heterocycles. The number of carbonyl (C=O) groups excluding carboxylic acids is 1. The Kier molecular flexibility index (Phi) is 7.83. The molecule has 2 amide bonds. The molecule has 4 rings (SSSR count). The molecule has 0 radical (unpaired) electrons. The number of rotatable bonds is 7. The van der Waals surface area contributed by atoms with Gasteiger partial charge in [0.15, 0.2) is 6.10 Å². The summed E-state index contributed by atoms with van der Waals surface area (Å²) in [7, 11) is 1.56. The van der Waals surface area contributed by atoms with Crippen molar-refractivity contribution in [1.82, 2.24) is 4.90 Å². The summed E-state index contributed by atoms with van der Waals surface area (Å²) in [5.74, 6) is 0.566. The number of methoxy groups -OCH3 is 1. The van der Waals surface area contributed by atoms with Gasteiger partial charge in [0.1, 0.15) is 5.75 Å². The Morgan fingerprint density at radius 2 is 1.82 bits per heavy atom. The van der Waals surface area contributed by atoms with Crippen molar-refractivity contribution in [2.75, 3.05) is 19.0 Å². The predicted octanol–water partition coefficient (Wildman–Crippen LogP) is 6.88. The van der Waals surface area contributed by atoms with Crippen LogP contribution < -0.4 is 10.1 Å². The largest absolute Gasteiger partial charge is 0.495 e. The number of hydrogen-bond acceptors (Lipinski definition) is 4. The van der Waals surface area contributed by atoms with Gasteiger partial charge in [-0.3, -0.25) is 0 Å².